The van der Waals surface area contributed by atoms with Gasteiger partial charge in [-0.2, -0.15) is 0 Å². The number of ether oxygens (including phenoxy) is 1. The van der Waals surface area contributed by atoms with E-state index >= 15 is 0 Å². The van der Waals surface area contributed by atoms with Crippen LogP contribution in [0, 0.1) is 0 Å². The number of hydrogen-bond donors (Lipinski definition) is 0. The van der Waals surface area contributed by atoms with E-state index in [1.807, 2.05) is 24.3 Å². The molecule has 0 N–H and O–H groups in total. The van der Waals surface area contributed by atoms with Gasteiger partial charge < -0.3 is 4.74 Å². The minimum Gasteiger partial charge on any atom is -0.487 e. The summed E-state index contributed by atoms with van der Waals surface area (Å²) < 4.78 is 5.25. The summed E-state index contributed by atoms with van der Waals surface area (Å²) in [7, 11) is 0. The van der Waals surface area contributed by atoms with E-state index < -0.39 is 0 Å². The van der Waals surface area contributed by atoms with Crippen molar-refractivity contribution < 1.29 is 4.74 Å². The fourth-order valence-electron chi connectivity index (χ4n) is 1.06. The fourth-order valence-corrected chi connectivity index (χ4v) is 1.06. The fraction of sp³-hybridized carbons (Fsp3) is 0.333. The molecule has 0 bridgehead atoms. The van der Waals surface area contributed by atoms with E-state index in [4.69, 9.17) is 10.3 Å². The van der Waals surface area contributed by atoms with Crippen LogP contribution in [0.15, 0.2) is 29.4 Å². The number of rotatable bonds is 4. The van der Waals surface area contributed by atoms with E-state index in [2.05, 4.69) is 16.9 Å². The van der Waals surface area contributed by atoms with Crippen LogP contribution in [0.4, 0.5) is 0 Å². The lowest BCUT2D eigenvalue weighted by molar-refractivity contribution is 0.326. The first-order valence-electron chi connectivity index (χ1n) is 4.10. The van der Waals surface area contributed by atoms with Crippen LogP contribution in [0.2, 0.25) is 0 Å². The molecule has 13 heavy (non-hydrogen) atoms. The Bertz CT molecular complexity index is 318. The molecule has 68 valence electrons. The van der Waals surface area contributed by atoms with Gasteiger partial charge in [0.05, 0.1) is 0 Å². The maximum Gasteiger partial charge on any atom is 0.167 e. The minimum absolute atomic E-state index is 0.0491. The standard InChI is InChI=1S/C9H11N3O/c1-2-8-5-3-4-6-9(8)13-7-11-12-10/h3-6H,2,7H2,1H3. The van der Waals surface area contributed by atoms with Crippen molar-refractivity contribution in [1.29, 1.82) is 0 Å². The Labute approximate surface area is 76.8 Å². The Morgan fingerprint density at radius 1 is 1.46 bits per heavy atom. The first kappa shape index (κ1) is 9.42. The number of para-hydroxylation sites is 1. The number of nitrogens with zero attached hydrogens (tertiary/aromatic N) is 3. The van der Waals surface area contributed by atoms with Crippen LogP contribution < -0.4 is 4.74 Å². The monoisotopic (exact) mass is 177 g/mol. The Kier molecular flexibility index (Phi) is 3.67. The van der Waals surface area contributed by atoms with Crippen molar-refractivity contribution >= 4 is 0 Å². The SMILES string of the molecule is CCc1ccccc1OCN=[N+]=[N-]. The third kappa shape index (κ3) is 2.69. The summed E-state index contributed by atoms with van der Waals surface area (Å²) in [6.07, 6.45) is 0.909. The molecule has 0 fully saturated rings. The first-order valence-corrected chi connectivity index (χ1v) is 4.10. The smallest absolute Gasteiger partial charge is 0.167 e. The second kappa shape index (κ2) is 5.06. The Morgan fingerprint density at radius 3 is 2.92 bits per heavy atom. The summed E-state index contributed by atoms with van der Waals surface area (Å²) in [6, 6.07) is 7.71. The molecular formula is C9H11N3O. The van der Waals surface area contributed by atoms with Crippen LogP contribution >= 0.6 is 0 Å². The largest absolute Gasteiger partial charge is 0.487 e. The van der Waals surface area contributed by atoms with Gasteiger partial charge >= 0.3 is 0 Å². The van der Waals surface area contributed by atoms with Gasteiger partial charge in [0.25, 0.3) is 0 Å². The average molecular weight is 177 g/mol. The minimum atomic E-state index is 0.0491. The maximum atomic E-state index is 8.05. The van der Waals surface area contributed by atoms with E-state index in [1.165, 1.54) is 0 Å². The quantitative estimate of drug-likeness (QED) is 0.396. The summed E-state index contributed by atoms with van der Waals surface area (Å²) in [5, 5.41) is 3.30. The lowest BCUT2D eigenvalue weighted by Gasteiger charge is -2.06. The van der Waals surface area contributed by atoms with E-state index in [0.717, 1.165) is 17.7 Å². The molecule has 0 heterocycles. The highest BCUT2D eigenvalue weighted by Gasteiger charge is 1.98. The van der Waals surface area contributed by atoms with Crippen molar-refractivity contribution in [3.63, 3.8) is 0 Å². The predicted octanol–water partition coefficient (Wildman–Crippen LogP) is 2.90. The summed E-state index contributed by atoms with van der Waals surface area (Å²) in [4.78, 5) is 2.61. The normalized spacial score (nSPS) is 9.00. The van der Waals surface area contributed by atoms with Crippen LogP contribution in [0.3, 0.4) is 0 Å². The number of benzene rings is 1. The zero-order valence-electron chi connectivity index (χ0n) is 7.47. The molecule has 0 saturated carbocycles. The molecule has 4 nitrogen and oxygen atoms in total. The third-order valence-electron chi connectivity index (χ3n) is 1.69. The molecule has 0 unspecified atom stereocenters. The molecule has 0 spiro atoms. The van der Waals surface area contributed by atoms with Gasteiger partial charge in [-0.1, -0.05) is 30.2 Å². The van der Waals surface area contributed by atoms with Gasteiger partial charge in [-0.15, -0.1) is 0 Å². The van der Waals surface area contributed by atoms with Gasteiger partial charge in [-0.3, -0.25) is 0 Å². The van der Waals surface area contributed by atoms with Crippen molar-refractivity contribution in [1.82, 2.24) is 0 Å². The van der Waals surface area contributed by atoms with Crippen LogP contribution in [0.5, 0.6) is 5.75 Å². The second-order valence-electron chi connectivity index (χ2n) is 2.47. The molecule has 0 aromatic heterocycles. The number of hydrogen-bond acceptors (Lipinski definition) is 2. The van der Waals surface area contributed by atoms with Crippen molar-refractivity contribution in [2.75, 3.05) is 6.73 Å². The highest BCUT2D eigenvalue weighted by molar-refractivity contribution is 5.32. The van der Waals surface area contributed by atoms with Gasteiger partial charge in [0.1, 0.15) is 5.75 Å². The van der Waals surface area contributed by atoms with Crippen LogP contribution in [0.1, 0.15) is 12.5 Å². The van der Waals surface area contributed by atoms with Crippen molar-refractivity contribution in [3.8, 4) is 5.75 Å². The van der Waals surface area contributed by atoms with Crippen LogP contribution in [-0.2, 0) is 6.42 Å². The van der Waals surface area contributed by atoms with Crippen molar-refractivity contribution in [2.24, 2.45) is 5.11 Å². The summed E-state index contributed by atoms with van der Waals surface area (Å²) in [5.74, 6) is 0.789. The second-order valence-corrected chi connectivity index (χ2v) is 2.47. The molecule has 0 amide bonds. The van der Waals surface area contributed by atoms with Gasteiger partial charge in [-0.05, 0) is 23.6 Å². The molecule has 0 atom stereocenters. The lowest BCUT2D eigenvalue weighted by atomic mass is 10.1. The maximum absolute atomic E-state index is 8.05. The first-order chi connectivity index (χ1) is 6.38. The highest BCUT2D eigenvalue weighted by Crippen LogP contribution is 2.17. The highest BCUT2D eigenvalue weighted by atomic mass is 16.5. The van der Waals surface area contributed by atoms with E-state index in [9.17, 15) is 0 Å². The average Bonchev–Trinajstić information content (AvgIpc) is 2.19. The van der Waals surface area contributed by atoms with Crippen molar-refractivity contribution in [3.05, 3.63) is 40.3 Å². The molecule has 1 aromatic rings. The van der Waals surface area contributed by atoms with Gasteiger partial charge in [0.2, 0.25) is 0 Å². The van der Waals surface area contributed by atoms with E-state index in [1.54, 1.807) is 0 Å². The lowest BCUT2D eigenvalue weighted by Crippen LogP contribution is -1.95. The molecule has 4 heteroatoms. The summed E-state index contributed by atoms with van der Waals surface area (Å²) in [5.41, 5.74) is 9.17. The molecular weight excluding hydrogens is 166 g/mol. The third-order valence-corrected chi connectivity index (χ3v) is 1.69. The number of aryl methyl sites for hydroxylation is 1. The Morgan fingerprint density at radius 2 is 2.23 bits per heavy atom. The Balaban J connectivity index is 2.69. The van der Waals surface area contributed by atoms with Crippen LogP contribution in [0.25, 0.3) is 10.4 Å². The zero-order valence-corrected chi connectivity index (χ0v) is 7.47. The molecule has 0 saturated heterocycles. The van der Waals surface area contributed by atoms with Crippen molar-refractivity contribution in [2.45, 2.75) is 13.3 Å². The van der Waals surface area contributed by atoms with E-state index in [0.29, 0.717) is 0 Å². The molecule has 0 aliphatic heterocycles. The summed E-state index contributed by atoms with van der Waals surface area (Å²) in [6.45, 7) is 2.10. The molecule has 1 aromatic carbocycles. The molecule has 0 aliphatic rings. The molecule has 1 rings (SSSR count). The van der Waals surface area contributed by atoms with Gasteiger partial charge in [0.15, 0.2) is 6.73 Å². The van der Waals surface area contributed by atoms with Crippen LogP contribution in [-0.4, -0.2) is 6.73 Å². The van der Waals surface area contributed by atoms with E-state index in [-0.39, 0.29) is 6.73 Å². The van der Waals surface area contributed by atoms with Gasteiger partial charge in [-0.25, -0.2) is 0 Å². The topological polar surface area (TPSA) is 58.0 Å². The predicted molar refractivity (Wildman–Crippen MR) is 50.5 cm³/mol. The Hall–Kier alpha value is -1.67. The van der Waals surface area contributed by atoms with Gasteiger partial charge in [0, 0.05) is 4.91 Å². The summed E-state index contributed by atoms with van der Waals surface area (Å²) >= 11 is 0. The zero-order chi connectivity index (χ0) is 9.52. The molecule has 0 radical (unpaired) electrons. The molecule has 0 aliphatic carbocycles. The number of azide groups is 1.